The molecule has 0 aromatic carbocycles. The molecule has 1 spiro atoms. The number of hydrogen-bond donors (Lipinski definition) is 1. The van der Waals surface area contributed by atoms with Crippen molar-refractivity contribution in [2.45, 2.75) is 64.4 Å². The fraction of sp³-hybridized carbons (Fsp3) is 0.542. The maximum Gasteiger partial charge on any atom is 0.456 e. The van der Waals surface area contributed by atoms with Gasteiger partial charge in [-0.2, -0.15) is 13.2 Å². The number of halogens is 3. The van der Waals surface area contributed by atoms with Crippen molar-refractivity contribution in [1.29, 1.82) is 0 Å². The highest BCUT2D eigenvalue weighted by atomic mass is 19.4. The van der Waals surface area contributed by atoms with Crippen molar-refractivity contribution in [3.63, 3.8) is 0 Å². The van der Waals surface area contributed by atoms with Gasteiger partial charge in [-0.1, -0.05) is 0 Å². The van der Waals surface area contributed by atoms with Gasteiger partial charge in [0.05, 0.1) is 23.0 Å². The average molecular weight is 479 g/mol. The van der Waals surface area contributed by atoms with E-state index in [1.54, 1.807) is 36.9 Å². The molecule has 2 aromatic heterocycles. The molecule has 2 aliphatic heterocycles. The summed E-state index contributed by atoms with van der Waals surface area (Å²) in [6, 6.07) is 5.98. The smallest absolute Gasteiger partial charge is 0.456 e. The lowest BCUT2D eigenvalue weighted by Gasteiger charge is -2.47. The van der Waals surface area contributed by atoms with Crippen LogP contribution in [0.2, 0.25) is 0 Å². The first-order chi connectivity index (χ1) is 15.9. The molecule has 1 unspecified atom stereocenters. The predicted molar refractivity (Wildman–Crippen MR) is 119 cm³/mol. The molecule has 0 bridgehead atoms. The van der Waals surface area contributed by atoms with E-state index in [9.17, 15) is 22.8 Å². The van der Waals surface area contributed by atoms with Gasteiger partial charge >= 0.3 is 6.18 Å². The highest BCUT2D eigenvalue weighted by molar-refractivity contribution is 5.99. The predicted octanol–water partition coefficient (Wildman–Crippen LogP) is 4.02. The van der Waals surface area contributed by atoms with Crippen LogP contribution in [-0.2, 0) is 5.54 Å². The van der Waals surface area contributed by atoms with Gasteiger partial charge in [-0.05, 0) is 64.8 Å². The summed E-state index contributed by atoms with van der Waals surface area (Å²) in [6.07, 6.45) is -3.90. The molecule has 1 fully saturated rings. The van der Waals surface area contributed by atoms with Gasteiger partial charge in [0.25, 0.3) is 11.7 Å². The van der Waals surface area contributed by atoms with Crippen LogP contribution in [0.25, 0.3) is 0 Å². The average Bonchev–Trinajstić information content (AvgIpc) is 3.23. The number of carbonyl (C=O) groups excluding carboxylic acids is 2. The van der Waals surface area contributed by atoms with Crippen LogP contribution in [0.15, 0.2) is 24.3 Å². The Kier molecular flexibility index (Phi) is 6.22. The Balaban J connectivity index is 1.52. The van der Waals surface area contributed by atoms with Crippen molar-refractivity contribution < 1.29 is 27.5 Å². The fourth-order valence-corrected chi connectivity index (χ4v) is 4.90. The number of aryl methyl sites for hydroxylation is 1. The standard InChI is InChI=1S/C24H29F3N4O3/c1-14(2)34-19-7-5-17(29-16(19)4)22(33)30-11-9-23(10-12-30)20-8-6-18(21(32)24(25,26)27)31(20)15(3)13-28-23/h5-8,14-15,28H,9-13H2,1-4H3. The van der Waals surface area contributed by atoms with E-state index in [0.29, 0.717) is 55.3 Å². The monoisotopic (exact) mass is 478 g/mol. The number of alkyl halides is 3. The summed E-state index contributed by atoms with van der Waals surface area (Å²) in [6.45, 7) is 8.68. The molecule has 7 nitrogen and oxygen atoms in total. The van der Waals surface area contributed by atoms with E-state index in [4.69, 9.17) is 4.74 Å². The van der Waals surface area contributed by atoms with Crippen molar-refractivity contribution in [1.82, 2.24) is 19.8 Å². The number of Topliss-reactive ketones (excluding diaryl/α,β-unsaturated/α-hetero) is 1. The third-order valence-corrected chi connectivity index (χ3v) is 6.60. The number of rotatable bonds is 4. The number of pyridine rings is 1. The summed E-state index contributed by atoms with van der Waals surface area (Å²) in [7, 11) is 0. The molecule has 0 radical (unpaired) electrons. The summed E-state index contributed by atoms with van der Waals surface area (Å²) in [5.41, 5.74) is 0.700. The number of nitrogens with one attached hydrogen (secondary N) is 1. The van der Waals surface area contributed by atoms with E-state index in [1.165, 1.54) is 10.6 Å². The molecule has 0 aliphatic carbocycles. The number of fused-ring (bicyclic) bond motifs is 2. The molecule has 1 N–H and O–H groups in total. The minimum atomic E-state index is -4.93. The second-order valence-corrected chi connectivity index (χ2v) is 9.35. The molecule has 1 amide bonds. The quantitative estimate of drug-likeness (QED) is 0.672. The van der Waals surface area contributed by atoms with Crippen molar-refractivity contribution in [3.05, 3.63) is 47.0 Å². The van der Waals surface area contributed by atoms with Crippen molar-refractivity contribution in [3.8, 4) is 5.75 Å². The summed E-state index contributed by atoms with van der Waals surface area (Å²) in [4.78, 5) is 31.2. The Morgan fingerprint density at radius 2 is 1.85 bits per heavy atom. The van der Waals surface area contributed by atoms with Gasteiger partial charge in [0.2, 0.25) is 0 Å². The van der Waals surface area contributed by atoms with E-state index in [-0.39, 0.29) is 23.7 Å². The largest absolute Gasteiger partial charge is 0.489 e. The number of amides is 1. The number of hydrogen-bond acceptors (Lipinski definition) is 5. The number of ketones is 1. The maximum absolute atomic E-state index is 13.1. The minimum absolute atomic E-state index is 0.00284. The van der Waals surface area contributed by atoms with E-state index < -0.39 is 17.5 Å². The van der Waals surface area contributed by atoms with Gasteiger partial charge in [0.1, 0.15) is 11.4 Å². The molecule has 2 aliphatic rings. The van der Waals surface area contributed by atoms with Crippen molar-refractivity contribution in [2.75, 3.05) is 19.6 Å². The molecule has 4 rings (SSSR count). The normalized spacial score (nSPS) is 19.9. The molecule has 0 saturated carbocycles. The maximum atomic E-state index is 13.1. The molecule has 34 heavy (non-hydrogen) atoms. The van der Waals surface area contributed by atoms with Crippen LogP contribution in [0.4, 0.5) is 13.2 Å². The SMILES string of the molecule is Cc1nc(C(=O)N2CCC3(CC2)NCC(C)n2c(C(=O)C(F)(F)F)ccc23)ccc1OC(C)C. The first kappa shape index (κ1) is 24.3. The lowest BCUT2D eigenvalue weighted by atomic mass is 9.82. The zero-order chi connectivity index (χ0) is 24.8. The Morgan fingerprint density at radius 1 is 1.18 bits per heavy atom. The Hall–Kier alpha value is -2.88. The lowest BCUT2D eigenvalue weighted by molar-refractivity contribution is -0.0892. The van der Waals surface area contributed by atoms with Crippen LogP contribution in [0.3, 0.4) is 0 Å². The Labute approximate surface area is 196 Å². The van der Waals surface area contributed by atoms with E-state index in [0.717, 1.165) is 0 Å². The van der Waals surface area contributed by atoms with Crippen molar-refractivity contribution in [2.24, 2.45) is 0 Å². The molecule has 4 heterocycles. The van der Waals surface area contributed by atoms with E-state index in [2.05, 4.69) is 10.3 Å². The van der Waals surface area contributed by atoms with E-state index >= 15 is 0 Å². The Morgan fingerprint density at radius 3 is 2.44 bits per heavy atom. The third-order valence-electron chi connectivity index (χ3n) is 6.60. The van der Waals surface area contributed by atoms with Gasteiger partial charge in [-0.25, -0.2) is 4.98 Å². The first-order valence-electron chi connectivity index (χ1n) is 11.4. The summed E-state index contributed by atoms with van der Waals surface area (Å²) < 4.78 is 46.6. The van der Waals surface area contributed by atoms with Crippen LogP contribution in [0, 0.1) is 6.92 Å². The molecule has 1 saturated heterocycles. The molecule has 2 aromatic rings. The highest BCUT2D eigenvalue weighted by Crippen LogP contribution is 2.40. The number of nitrogens with zero attached hydrogens (tertiary/aromatic N) is 3. The lowest BCUT2D eigenvalue weighted by Crippen LogP contribution is -2.57. The zero-order valence-corrected chi connectivity index (χ0v) is 19.7. The minimum Gasteiger partial charge on any atom is -0.489 e. The fourth-order valence-electron chi connectivity index (χ4n) is 4.90. The molecule has 184 valence electrons. The number of aromatic nitrogens is 2. The second-order valence-electron chi connectivity index (χ2n) is 9.35. The molecule has 10 heteroatoms. The second kappa shape index (κ2) is 8.72. The number of piperidine rings is 1. The van der Waals surface area contributed by atoms with Gasteiger partial charge < -0.3 is 19.5 Å². The molecular formula is C24H29F3N4O3. The van der Waals surface area contributed by atoms with Crippen LogP contribution in [0.1, 0.15) is 72.0 Å². The summed E-state index contributed by atoms with van der Waals surface area (Å²) in [5, 5.41) is 3.48. The summed E-state index contributed by atoms with van der Waals surface area (Å²) >= 11 is 0. The molecule has 1 atom stereocenters. The van der Waals surface area contributed by atoms with Crippen LogP contribution < -0.4 is 10.1 Å². The number of carbonyl (C=O) groups is 2. The van der Waals surface area contributed by atoms with Gasteiger partial charge in [0, 0.05) is 31.4 Å². The van der Waals surface area contributed by atoms with Crippen LogP contribution in [-0.4, -0.2) is 58.1 Å². The first-order valence-corrected chi connectivity index (χ1v) is 11.4. The number of ether oxygens (including phenoxy) is 1. The van der Waals surface area contributed by atoms with Crippen LogP contribution >= 0.6 is 0 Å². The topological polar surface area (TPSA) is 76.5 Å². The van der Waals surface area contributed by atoms with Gasteiger partial charge in [0.15, 0.2) is 0 Å². The third kappa shape index (κ3) is 4.31. The zero-order valence-electron chi connectivity index (χ0n) is 19.7. The summed E-state index contributed by atoms with van der Waals surface area (Å²) in [5.74, 6) is -1.39. The van der Waals surface area contributed by atoms with Gasteiger partial charge in [-0.15, -0.1) is 0 Å². The Bertz CT molecular complexity index is 1100. The van der Waals surface area contributed by atoms with Gasteiger partial charge in [-0.3, -0.25) is 9.59 Å². The van der Waals surface area contributed by atoms with Crippen LogP contribution in [0.5, 0.6) is 5.75 Å². The number of likely N-dealkylation sites (tertiary alicyclic amines) is 1. The van der Waals surface area contributed by atoms with Crippen molar-refractivity contribution >= 4 is 11.7 Å². The highest BCUT2D eigenvalue weighted by Gasteiger charge is 2.47. The molecular weight excluding hydrogens is 449 g/mol. The van der Waals surface area contributed by atoms with E-state index in [1.807, 2.05) is 13.8 Å².